The van der Waals surface area contributed by atoms with E-state index in [1.165, 1.54) is 6.92 Å². The molecule has 1 aromatic heterocycles. The molecular formula is C14H14N2O. The molecule has 0 N–H and O–H groups in total. The first-order valence-corrected chi connectivity index (χ1v) is 5.47. The zero-order chi connectivity index (χ0) is 12.3. The predicted octanol–water partition coefficient (Wildman–Crippen LogP) is 3.07. The summed E-state index contributed by atoms with van der Waals surface area (Å²) in [6, 6.07) is 13.3. The van der Waals surface area contributed by atoms with Gasteiger partial charge in [-0.1, -0.05) is 18.2 Å². The van der Waals surface area contributed by atoms with Crippen molar-refractivity contribution in [3.8, 4) is 0 Å². The van der Waals surface area contributed by atoms with Crippen molar-refractivity contribution < 1.29 is 4.79 Å². The van der Waals surface area contributed by atoms with E-state index in [9.17, 15) is 4.79 Å². The van der Waals surface area contributed by atoms with Crippen molar-refractivity contribution in [3.63, 3.8) is 0 Å². The van der Waals surface area contributed by atoms with E-state index in [-0.39, 0.29) is 5.91 Å². The van der Waals surface area contributed by atoms with Gasteiger partial charge in [0, 0.05) is 13.1 Å². The zero-order valence-corrected chi connectivity index (χ0v) is 9.92. The van der Waals surface area contributed by atoms with Gasteiger partial charge in [-0.2, -0.15) is 0 Å². The Morgan fingerprint density at radius 1 is 1.18 bits per heavy atom. The lowest BCUT2D eigenvalue weighted by molar-refractivity contribution is -0.115. The van der Waals surface area contributed by atoms with Crippen LogP contribution in [0, 0.1) is 6.92 Å². The molecule has 0 fully saturated rings. The minimum Gasteiger partial charge on any atom is -0.274 e. The SMILES string of the molecule is CC(=O)N(c1cccc(C)c1)c1ccccn1. The molecule has 0 aliphatic carbocycles. The second kappa shape index (κ2) is 4.78. The molecule has 0 spiro atoms. The fourth-order valence-corrected chi connectivity index (χ4v) is 1.73. The summed E-state index contributed by atoms with van der Waals surface area (Å²) in [5, 5.41) is 0. The summed E-state index contributed by atoms with van der Waals surface area (Å²) >= 11 is 0. The first-order valence-electron chi connectivity index (χ1n) is 5.47. The van der Waals surface area contributed by atoms with Crippen molar-refractivity contribution in [1.29, 1.82) is 0 Å². The first-order chi connectivity index (χ1) is 8.18. The quantitative estimate of drug-likeness (QED) is 0.788. The molecule has 0 bridgehead atoms. The van der Waals surface area contributed by atoms with Crippen molar-refractivity contribution >= 4 is 17.4 Å². The number of benzene rings is 1. The number of hydrogen-bond donors (Lipinski definition) is 0. The summed E-state index contributed by atoms with van der Waals surface area (Å²) < 4.78 is 0. The van der Waals surface area contributed by atoms with Crippen molar-refractivity contribution in [3.05, 3.63) is 54.2 Å². The fourth-order valence-electron chi connectivity index (χ4n) is 1.73. The monoisotopic (exact) mass is 226 g/mol. The number of nitrogens with zero attached hydrogens (tertiary/aromatic N) is 2. The highest BCUT2D eigenvalue weighted by Crippen LogP contribution is 2.23. The topological polar surface area (TPSA) is 33.2 Å². The maximum atomic E-state index is 11.7. The molecule has 1 heterocycles. The second-order valence-electron chi connectivity index (χ2n) is 3.88. The minimum atomic E-state index is -0.0469. The fraction of sp³-hybridized carbons (Fsp3) is 0.143. The molecule has 17 heavy (non-hydrogen) atoms. The number of rotatable bonds is 2. The van der Waals surface area contributed by atoms with E-state index in [0.717, 1.165) is 11.3 Å². The van der Waals surface area contributed by atoms with Gasteiger partial charge in [-0.25, -0.2) is 4.98 Å². The number of aryl methyl sites for hydroxylation is 1. The van der Waals surface area contributed by atoms with Crippen molar-refractivity contribution in [2.45, 2.75) is 13.8 Å². The van der Waals surface area contributed by atoms with E-state index in [2.05, 4.69) is 4.98 Å². The number of carbonyl (C=O) groups is 1. The highest BCUT2D eigenvalue weighted by Gasteiger charge is 2.14. The first kappa shape index (κ1) is 11.3. The van der Waals surface area contributed by atoms with Crippen LogP contribution in [0.1, 0.15) is 12.5 Å². The molecule has 0 radical (unpaired) electrons. The summed E-state index contributed by atoms with van der Waals surface area (Å²) in [4.78, 5) is 17.6. The van der Waals surface area contributed by atoms with Gasteiger partial charge in [-0.3, -0.25) is 9.69 Å². The smallest absolute Gasteiger partial charge is 0.229 e. The normalized spacial score (nSPS) is 10.0. The molecule has 0 atom stereocenters. The largest absolute Gasteiger partial charge is 0.274 e. The number of hydrogen-bond acceptors (Lipinski definition) is 2. The predicted molar refractivity (Wildman–Crippen MR) is 68.2 cm³/mol. The van der Waals surface area contributed by atoms with Crippen LogP contribution in [-0.2, 0) is 4.79 Å². The van der Waals surface area contributed by atoms with Crippen LogP contribution in [0.4, 0.5) is 11.5 Å². The maximum absolute atomic E-state index is 11.7. The maximum Gasteiger partial charge on any atom is 0.229 e. The van der Waals surface area contributed by atoms with Crippen LogP contribution in [0.2, 0.25) is 0 Å². The highest BCUT2D eigenvalue weighted by molar-refractivity contribution is 5.98. The van der Waals surface area contributed by atoms with E-state index in [0.29, 0.717) is 5.82 Å². The van der Waals surface area contributed by atoms with Gasteiger partial charge in [-0.15, -0.1) is 0 Å². The number of carbonyl (C=O) groups excluding carboxylic acids is 1. The molecule has 0 saturated carbocycles. The average Bonchev–Trinajstić information content (AvgIpc) is 2.30. The van der Waals surface area contributed by atoms with Gasteiger partial charge in [0.25, 0.3) is 0 Å². The summed E-state index contributed by atoms with van der Waals surface area (Å²) in [6.45, 7) is 3.54. The van der Waals surface area contributed by atoms with Crippen LogP contribution in [0.25, 0.3) is 0 Å². The number of aromatic nitrogens is 1. The molecule has 0 aliphatic rings. The Morgan fingerprint density at radius 3 is 2.59 bits per heavy atom. The summed E-state index contributed by atoms with van der Waals surface area (Å²) in [5.74, 6) is 0.597. The molecule has 0 unspecified atom stereocenters. The lowest BCUT2D eigenvalue weighted by Gasteiger charge is -2.20. The summed E-state index contributed by atoms with van der Waals surface area (Å²) in [5.41, 5.74) is 1.96. The molecule has 0 aliphatic heterocycles. The van der Waals surface area contributed by atoms with E-state index < -0.39 is 0 Å². The standard InChI is InChI=1S/C14H14N2O/c1-11-6-5-7-13(10-11)16(12(2)17)14-8-3-4-9-15-14/h3-10H,1-2H3. The Hall–Kier alpha value is -2.16. The Kier molecular flexibility index (Phi) is 3.19. The number of anilines is 2. The van der Waals surface area contributed by atoms with Gasteiger partial charge in [0.15, 0.2) is 0 Å². The summed E-state index contributed by atoms with van der Waals surface area (Å²) in [7, 11) is 0. The Morgan fingerprint density at radius 2 is 2.00 bits per heavy atom. The lowest BCUT2D eigenvalue weighted by atomic mass is 10.2. The lowest BCUT2D eigenvalue weighted by Crippen LogP contribution is -2.23. The van der Waals surface area contributed by atoms with Gasteiger partial charge in [0.1, 0.15) is 5.82 Å². The molecule has 0 saturated heterocycles. The molecular weight excluding hydrogens is 212 g/mol. The van der Waals surface area contributed by atoms with Gasteiger partial charge in [0.05, 0.1) is 5.69 Å². The zero-order valence-electron chi connectivity index (χ0n) is 9.92. The molecule has 1 amide bonds. The van der Waals surface area contributed by atoms with Gasteiger partial charge >= 0.3 is 0 Å². The van der Waals surface area contributed by atoms with Crippen LogP contribution in [0.15, 0.2) is 48.7 Å². The van der Waals surface area contributed by atoms with Gasteiger partial charge in [0.2, 0.25) is 5.91 Å². The summed E-state index contributed by atoms with van der Waals surface area (Å²) in [6.07, 6.45) is 1.68. The van der Waals surface area contributed by atoms with E-state index in [1.54, 1.807) is 11.1 Å². The van der Waals surface area contributed by atoms with Crippen LogP contribution >= 0.6 is 0 Å². The molecule has 86 valence electrons. The van der Waals surface area contributed by atoms with E-state index in [1.807, 2.05) is 49.4 Å². The van der Waals surface area contributed by atoms with Gasteiger partial charge < -0.3 is 0 Å². The Bertz CT molecular complexity index is 523. The van der Waals surface area contributed by atoms with Crippen LogP contribution in [0.3, 0.4) is 0 Å². The second-order valence-corrected chi connectivity index (χ2v) is 3.88. The average molecular weight is 226 g/mol. The Balaban J connectivity index is 2.47. The van der Waals surface area contributed by atoms with Crippen molar-refractivity contribution in [2.75, 3.05) is 4.90 Å². The Labute approximate surface area is 101 Å². The van der Waals surface area contributed by atoms with E-state index in [4.69, 9.17) is 0 Å². The number of amides is 1. The highest BCUT2D eigenvalue weighted by atomic mass is 16.2. The number of pyridine rings is 1. The van der Waals surface area contributed by atoms with Crippen molar-refractivity contribution in [1.82, 2.24) is 4.98 Å². The molecule has 2 rings (SSSR count). The third-order valence-electron chi connectivity index (χ3n) is 2.45. The molecule has 2 aromatic rings. The van der Waals surface area contributed by atoms with Crippen LogP contribution < -0.4 is 4.90 Å². The third kappa shape index (κ3) is 2.50. The third-order valence-corrected chi connectivity index (χ3v) is 2.45. The van der Waals surface area contributed by atoms with Crippen LogP contribution in [-0.4, -0.2) is 10.9 Å². The molecule has 3 heteroatoms. The minimum absolute atomic E-state index is 0.0469. The molecule has 1 aromatic carbocycles. The van der Waals surface area contributed by atoms with Gasteiger partial charge in [-0.05, 0) is 36.8 Å². The van der Waals surface area contributed by atoms with E-state index >= 15 is 0 Å². The van der Waals surface area contributed by atoms with Crippen molar-refractivity contribution in [2.24, 2.45) is 0 Å². The van der Waals surface area contributed by atoms with Crippen LogP contribution in [0.5, 0.6) is 0 Å². The molecule has 3 nitrogen and oxygen atoms in total.